The SMILES string of the molecule is CCC1CCC(C(NN)c2ccccc2C2CCC2)CC1. The van der Waals surface area contributed by atoms with Gasteiger partial charge in [-0.15, -0.1) is 0 Å². The minimum atomic E-state index is 0.347. The van der Waals surface area contributed by atoms with Crippen molar-refractivity contribution in [1.29, 1.82) is 0 Å². The molecule has 2 aliphatic rings. The van der Waals surface area contributed by atoms with Gasteiger partial charge in [0.05, 0.1) is 0 Å². The van der Waals surface area contributed by atoms with E-state index in [0.717, 1.165) is 11.8 Å². The number of nitrogens with two attached hydrogens (primary N) is 1. The van der Waals surface area contributed by atoms with Crippen LogP contribution in [-0.4, -0.2) is 0 Å². The molecule has 0 amide bonds. The van der Waals surface area contributed by atoms with Gasteiger partial charge in [0.2, 0.25) is 0 Å². The quantitative estimate of drug-likeness (QED) is 0.609. The van der Waals surface area contributed by atoms with Gasteiger partial charge in [-0.05, 0) is 54.6 Å². The van der Waals surface area contributed by atoms with E-state index in [0.29, 0.717) is 12.0 Å². The molecule has 2 heteroatoms. The van der Waals surface area contributed by atoms with Gasteiger partial charge in [0.15, 0.2) is 0 Å². The molecule has 3 N–H and O–H groups in total. The first kappa shape index (κ1) is 15.1. The maximum absolute atomic E-state index is 5.98. The Morgan fingerprint density at radius 1 is 1.10 bits per heavy atom. The van der Waals surface area contributed by atoms with Crippen LogP contribution in [0.3, 0.4) is 0 Å². The second-order valence-corrected chi connectivity index (χ2v) is 7.09. The first-order valence-electron chi connectivity index (χ1n) is 8.88. The molecule has 2 fully saturated rings. The van der Waals surface area contributed by atoms with Gasteiger partial charge >= 0.3 is 0 Å². The molecule has 0 aliphatic heterocycles. The summed E-state index contributed by atoms with van der Waals surface area (Å²) in [6.45, 7) is 2.33. The number of hydrogen-bond donors (Lipinski definition) is 2. The first-order chi connectivity index (χ1) is 10.3. The molecule has 0 heterocycles. The Bertz CT molecular complexity index is 445. The zero-order valence-corrected chi connectivity index (χ0v) is 13.4. The van der Waals surface area contributed by atoms with Crippen LogP contribution in [0, 0.1) is 11.8 Å². The van der Waals surface area contributed by atoms with Crippen LogP contribution in [-0.2, 0) is 0 Å². The van der Waals surface area contributed by atoms with Crippen LogP contribution < -0.4 is 11.3 Å². The van der Waals surface area contributed by atoms with E-state index >= 15 is 0 Å². The van der Waals surface area contributed by atoms with Gasteiger partial charge in [-0.1, -0.05) is 56.9 Å². The fraction of sp³-hybridized carbons (Fsp3) is 0.684. The molecule has 0 bridgehead atoms. The monoisotopic (exact) mass is 286 g/mol. The summed E-state index contributed by atoms with van der Waals surface area (Å²) in [4.78, 5) is 0. The van der Waals surface area contributed by atoms with E-state index in [-0.39, 0.29) is 0 Å². The summed E-state index contributed by atoms with van der Waals surface area (Å²) >= 11 is 0. The Kier molecular flexibility index (Phi) is 4.97. The van der Waals surface area contributed by atoms with Crippen molar-refractivity contribution in [2.24, 2.45) is 17.7 Å². The summed E-state index contributed by atoms with van der Waals surface area (Å²) < 4.78 is 0. The number of rotatable bonds is 5. The van der Waals surface area contributed by atoms with E-state index in [1.165, 1.54) is 56.9 Å². The minimum absolute atomic E-state index is 0.347. The summed E-state index contributed by atoms with van der Waals surface area (Å²) in [5.41, 5.74) is 6.20. The number of hydrogen-bond acceptors (Lipinski definition) is 2. The van der Waals surface area contributed by atoms with E-state index in [4.69, 9.17) is 5.84 Å². The number of benzene rings is 1. The fourth-order valence-corrected chi connectivity index (χ4v) is 4.29. The lowest BCUT2D eigenvalue weighted by molar-refractivity contribution is 0.218. The average molecular weight is 286 g/mol. The second kappa shape index (κ2) is 6.93. The van der Waals surface area contributed by atoms with Gasteiger partial charge < -0.3 is 0 Å². The van der Waals surface area contributed by atoms with E-state index in [2.05, 4.69) is 36.6 Å². The van der Waals surface area contributed by atoms with Crippen molar-refractivity contribution in [3.63, 3.8) is 0 Å². The zero-order chi connectivity index (χ0) is 14.7. The van der Waals surface area contributed by atoms with Crippen molar-refractivity contribution in [1.82, 2.24) is 5.43 Å². The summed E-state index contributed by atoms with van der Waals surface area (Å²) in [5, 5.41) is 0. The molecule has 2 saturated carbocycles. The standard InChI is InChI=1S/C19H30N2/c1-2-14-10-12-16(13-11-14)19(21-20)18-9-4-3-8-17(18)15-6-5-7-15/h3-4,8-9,14-16,19,21H,2,5-7,10-13,20H2,1H3. The van der Waals surface area contributed by atoms with Crippen LogP contribution in [0.1, 0.15) is 81.4 Å². The Labute approximate surface area is 129 Å². The van der Waals surface area contributed by atoms with Crippen molar-refractivity contribution >= 4 is 0 Å². The van der Waals surface area contributed by atoms with Gasteiger partial charge in [0, 0.05) is 6.04 Å². The fourth-order valence-electron chi connectivity index (χ4n) is 4.29. The summed E-state index contributed by atoms with van der Waals surface area (Å²) in [6, 6.07) is 9.36. The number of hydrazine groups is 1. The van der Waals surface area contributed by atoms with Crippen molar-refractivity contribution in [3.8, 4) is 0 Å². The zero-order valence-electron chi connectivity index (χ0n) is 13.4. The van der Waals surface area contributed by atoms with Crippen LogP contribution in [0.4, 0.5) is 0 Å². The number of nitrogens with one attached hydrogen (secondary N) is 1. The lowest BCUT2D eigenvalue weighted by atomic mass is 9.72. The molecule has 2 nitrogen and oxygen atoms in total. The smallest absolute Gasteiger partial charge is 0.0490 e. The van der Waals surface area contributed by atoms with Crippen LogP contribution >= 0.6 is 0 Å². The van der Waals surface area contributed by atoms with E-state index in [1.54, 1.807) is 5.56 Å². The molecular weight excluding hydrogens is 256 g/mol. The highest BCUT2D eigenvalue weighted by Gasteiger charge is 2.31. The Morgan fingerprint density at radius 2 is 1.81 bits per heavy atom. The average Bonchev–Trinajstić information content (AvgIpc) is 2.49. The highest BCUT2D eigenvalue weighted by molar-refractivity contribution is 5.34. The molecule has 0 aromatic heterocycles. The molecule has 0 radical (unpaired) electrons. The Balaban J connectivity index is 1.77. The second-order valence-electron chi connectivity index (χ2n) is 7.09. The third kappa shape index (κ3) is 3.17. The van der Waals surface area contributed by atoms with Crippen molar-refractivity contribution in [3.05, 3.63) is 35.4 Å². The van der Waals surface area contributed by atoms with E-state index in [1.807, 2.05) is 0 Å². The molecule has 0 saturated heterocycles. The topological polar surface area (TPSA) is 38.0 Å². The van der Waals surface area contributed by atoms with Gasteiger partial charge in [-0.3, -0.25) is 11.3 Å². The molecule has 116 valence electrons. The molecule has 2 aliphatic carbocycles. The maximum Gasteiger partial charge on any atom is 0.0490 e. The minimum Gasteiger partial charge on any atom is -0.271 e. The van der Waals surface area contributed by atoms with E-state index in [9.17, 15) is 0 Å². The molecule has 3 rings (SSSR count). The normalized spacial score (nSPS) is 28.1. The summed E-state index contributed by atoms with van der Waals surface area (Å²) in [6.07, 6.45) is 10.9. The summed E-state index contributed by atoms with van der Waals surface area (Å²) in [5.74, 6) is 8.42. The molecule has 1 atom stereocenters. The summed E-state index contributed by atoms with van der Waals surface area (Å²) in [7, 11) is 0. The van der Waals surface area contributed by atoms with Crippen LogP contribution in [0.15, 0.2) is 24.3 Å². The molecule has 0 spiro atoms. The lowest BCUT2D eigenvalue weighted by Gasteiger charge is -2.36. The predicted molar refractivity (Wildman–Crippen MR) is 88.8 cm³/mol. The largest absolute Gasteiger partial charge is 0.271 e. The maximum atomic E-state index is 5.98. The molecule has 1 aromatic rings. The van der Waals surface area contributed by atoms with E-state index < -0.39 is 0 Å². The van der Waals surface area contributed by atoms with Gasteiger partial charge in [0.1, 0.15) is 0 Å². The van der Waals surface area contributed by atoms with Crippen molar-refractivity contribution < 1.29 is 0 Å². The van der Waals surface area contributed by atoms with Crippen LogP contribution in [0.25, 0.3) is 0 Å². The predicted octanol–water partition coefficient (Wildman–Crippen LogP) is 4.67. The molecule has 21 heavy (non-hydrogen) atoms. The van der Waals surface area contributed by atoms with Gasteiger partial charge in [-0.2, -0.15) is 0 Å². The lowest BCUT2D eigenvalue weighted by Crippen LogP contribution is -2.36. The van der Waals surface area contributed by atoms with Crippen molar-refractivity contribution in [2.75, 3.05) is 0 Å². The third-order valence-electron chi connectivity index (χ3n) is 6.00. The Morgan fingerprint density at radius 3 is 2.38 bits per heavy atom. The molecule has 1 aromatic carbocycles. The molecule has 1 unspecified atom stereocenters. The van der Waals surface area contributed by atoms with Gasteiger partial charge in [0.25, 0.3) is 0 Å². The van der Waals surface area contributed by atoms with Crippen LogP contribution in [0.5, 0.6) is 0 Å². The first-order valence-corrected chi connectivity index (χ1v) is 8.88. The molecular formula is C19H30N2. The third-order valence-corrected chi connectivity index (χ3v) is 6.00. The Hall–Kier alpha value is -0.860. The van der Waals surface area contributed by atoms with Crippen LogP contribution in [0.2, 0.25) is 0 Å². The highest BCUT2D eigenvalue weighted by Crippen LogP contribution is 2.43. The highest BCUT2D eigenvalue weighted by atomic mass is 15.2. The van der Waals surface area contributed by atoms with Crippen molar-refractivity contribution in [2.45, 2.75) is 70.3 Å². The van der Waals surface area contributed by atoms with Gasteiger partial charge in [-0.25, -0.2) is 0 Å².